The largest absolute Gasteiger partial charge is 0.494 e. The zero-order valence-electron chi connectivity index (χ0n) is 11.7. The molecule has 0 saturated heterocycles. The Morgan fingerprint density at radius 1 is 1.00 bits per heavy atom. The topological polar surface area (TPSA) is 35.2 Å². The second-order valence-electron chi connectivity index (χ2n) is 4.84. The molecule has 0 aliphatic heterocycles. The second kappa shape index (κ2) is 5.59. The van der Waals surface area contributed by atoms with Gasteiger partial charge >= 0.3 is 0 Å². The maximum Gasteiger partial charge on any atom is 0.165 e. The molecule has 0 bridgehead atoms. The average Bonchev–Trinajstić information content (AvgIpc) is 2.44. The SMILES string of the molecule is COc1cc(C(N)c2cc(C)c(F)c(C)c2)ccc1F. The number of aryl methyl sites for hydroxylation is 2. The lowest BCUT2D eigenvalue weighted by Gasteiger charge is -2.16. The zero-order valence-corrected chi connectivity index (χ0v) is 11.7. The minimum absolute atomic E-state index is 0.147. The highest BCUT2D eigenvalue weighted by molar-refractivity contribution is 5.40. The zero-order chi connectivity index (χ0) is 14.9. The van der Waals surface area contributed by atoms with Gasteiger partial charge in [0.25, 0.3) is 0 Å². The van der Waals surface area contributed by atoms with Gasteiger partial charge in [-0.15, -0.1) is 0 Å². The first-order valence-electron chi connectivity index (χ1n) is 6.29. The molecule has 0 fully saturated rings. The fourth-order valence-electron chi connectivity index (χ4n) is 2.22. The molecule has 0 aliphatic rings. The van der Waals surface area contributed by atoms with Crippen molar-refractivity contribution in [3.8, 4) is 5.75 Å². The van der Waals surface area contributed by atoms with Crippen LogP contribution in [-0.4, -0.2) is 7.11 Å². The Morgan fingerprint density at radius 3 is 2.15 bits per heavy atom. The van der Waals surface area contributed by atoms with Crippen molar-refractivity contribution in [2.24, 2.45) is 5.73 Å². The summed E-state index contributed by atoms with van der Waals surface area (Å²) in [5, 5.41) is 0. The van der Waals surface area contributed by atoms with Gasteiger partial charge in [-0.2, -0.15) is 0 Å². The van der Waals surface area contributed by atoms with Gasteiger partial charge in [0.2, 0.25) is 0 Å². The molecule has 2 nitrogen and oxygen atoms in total. The van der Waals surface area contributed by atoms with E-state index in [0.29, 0.717) is 16.7 Å². The van der Waals surface area contributed by atoms with Crippen LogP contribution in [0.15, 0.2) is 30.3 Å². The van der Waals surface area contributed by atoms with Crippen molar-refractivity contribution in [2.75, 3.05) is 7.11 Å². The molecule has 20 heavy (non-hydrogen) atoms. The van der Waals surface area contributed by atoms with Crippen molar-refractivity contribution in [2.45, 2.75) is 19.9 Å². The summed E-state index contributed by atoms with van der Waals surface area (Å²) >= 11 is 0. The monoisotopic (exact) mass is 277 g/mol. The predicted octanol–water partition coefficient (Wildman–Crippen LogP) is 3.64. The van der Waals surface area contributed by atoms with Gasteiger partial charge in [0.15, 0.2) is 11.6 Å². The molecule has 0 saturated carbocycles. The molecule has 0 aliphatic carbocycles. The lowest BCUT2D eigenvalue weighted by atomic mass is 9.96. The van der Waals surface area contributed by atoms with Gasteiger partial charge in [-0.3, -0.25) is 0 Å². The minimum atomic E-state index is -0.456. The van der Waals surface area contributed by atoms with Crippen LogP contribution < -0.4 is 10.5 Å². The smallest absolute Gasteiger partial charge is 0.165 e. The molecule has 0 radical (unpaired) electrons. The van der Waals surface area contributed by atoms with E-state index in [2.05, 4.69) is 0 Å². The van der Waals surface area contributed by atoms with Crippen LogP contribution in [0.25, 0.3) is 0 Å². The molecular weight excluding hydrogens is 260 g/mol. The normalized spacial score (nSPS) is 12.3. The maximum absolute atomic E-state index is 13.6. The van der Waals surface area contributed by atoms with Crippen molar-refractivity contribution in [1.29, 1.82) is 0 Å². The summed E-state index contributed by atoms with van der Waals surface area (Å²) in [6.45, 7) is 3.40. The molecule has 106 valence electrons. The lowest BCUT2D eigenvalue weighted by Crippen LogP contribution is -2.13. The van der Waals surface area contributed by atoms with E-state index in [1.165, 1.54) is 13.2 Å². The van der Waals surface area contributed by atoms with Gasteiger partial charge in [0.1, 0.15) is 5.82 Å². The van der Waals surface area contributed by atoms with Crippen LogP contribution in [0.3, 0.4) is 0 Å². The Morgan fingerprint density at radius 2 is 1.60 bits per heavy atom. The van der Waals surface area contributed by atoms with Gasteiger partial charge in [-0.1, -0.05) is 18.2 Å². The number of ether oxygens (including phenoxy) is 1. The number of hydrogen-bond acceptors (Lipinski definition) is 2. The molecule has 2 aromatic rings. The van der Waals surface area contributed by atoms with Gasteiger partial charge in [0, 0.05) is 0 Å². The molecule has 1 atom stereocenters. The third-order valence-electron chi connectivity index (χ3n) is 3.35. The van der Waals surface area contributed by atoms with Crippen LogP contribution in [0, 0.1) is 25.5 Å². The van der Waals surface area contributed by atoms with Crippen LogP contribution >= 0.6 is 0 Å². The molecule has 0 amide bonds. The standard InChI is InChI=1S/C16H17F2NO/c1-9-6-12(7-10(2)15(9)18)16(19)11-4-5-13(17)14(8-11)20-3/h4-8,16H,19H2,1-3H3. The Hall–Kier alpha value is -1.94. The third kappa shape index (κ3) is 2.65. The Labute approximate surface area is 117 Å². The second-order valence-corrected chi connectivity index (χ2v) is 4.84. The maximum atomic E-state index is 13.6. The summed E-state index contributed by atoms with van der Waals surface area (Å²) in [6, 6.07) is 7.45. The molecule has 4 heteroatoms. The summed E-state index contributed by atoms with van der Waals surface area (Å²) in [4.78, 5) is 0. The minimum Gasteiger partial charge on any atom is -0.494 e. The van der Waals surface area contributed by atoms with Gasteiger partial charge in [-0.25, -0.2) is 8.78 Å². The summed E-state index contributed by atoms with van der Waals surface area (Å²) < 4.78 is 32.0. The van der Waals surface area contributed by atoms with E-state index in [1.54, 1.807) is 38.1 Å². The van der Waals surface area contributed by atoms with E-state index in [4.69, 9.17) is 10.5 Å². The molecule has 2 N–H and O–H groups in total. The highest BCUT2D eigenvalue weighted by atomic mass is 19.1. The van der Waals surface area contributed by atoms with Gasteiger partial charge < -0.3 is 10.5 Å². The third-order valence-corrected chi connectivity index (χ3v) is 3.35. The van der Waals surface area contributed by atoms with Crippen molar-refractivity contribution < 1.29 is 13.5 Å². The van der Waals surface area contributed by atoms with E-state index in [-0.39, 0.29) is 11.6 Å². The van der Waals surface area contributed by atoms with E-state index < -0.39 is 11.9 Å². The quantitative estimate of drug-likeness (QED) is 0.929. The Bertz CT molecular complexity index is 617. The van der Waals surface area contributed by atoms with Crippen molar-refractivity contribution in [1.82, 2.24) is 0 Å². The van der Waals surface area contributed by atoms with Crippen LogP contribution in [-0.2, 0) is 0 Å². The van der Waals surface area contributed by atoms with Crippen LogP contribution in [0.5, 0.6) is 5.75 Å². The first-order chi connectivity index (χ1) is 9.43. The number of rotatable bonds is 3. The summed E-state index contributed by atoms with van der Waals surface area (Å²) in [7, 11) is 1.40. The summed E-state index contributed by atoms with van der Waals surface area (Å²) in [6.07, 6.45) is 0. The van der Waals surface area contributed by atoms with Crippen LogP contribution in [0.4, 0.5) is 8.78 Å². The summed E-state index contributed by atoms with van der Waals surface area (Å²) in [5.74, 6) is -0.513. The fourth-order valence-corrected chi connectivity index (χ4v) is 2.22. The van der Waals surface area contributed by atoms with Crippen molar-refractivity contribution in [3.63, 3.8) is 0 Å². The fraction of sp³-hybridized carbons (Fsp3) is 0.250. The molecule has 0 spiro atoms. The Balaban J connectivity index is 2.43. The van der Waals surface area contributed by atoms with Crippen LogP contribution in [0.2, 0.25) is 0 Å². The molecular formula is C16H17F2NO. The molecule has 0 heterocycles. The van der Waals surface area contributed by atoms with Crippen molar-refractivity contribution >= 4 is 0 Å². The lowest BCUT2D eigenvalue weighted by molar-refractivity contribution is 0.385. The molecule has 2 aromatic carbocycles. The molecule has 1 unspecified atom stereocenters. The number of nitrogens with two attached hydrogens (primary N) is 1. The van der Waals surface area contributed by atoms with Gasteiger partial charge in [0.05, 0.1) is 13.2 Å². The first-order valence-corrected chi connectivity index (χ1v) is 6.29. The highest BCUT2D eigenvalue weighted by Crippen LogP contribution is 2.27. The van der Waals surface area contributed by atoms with Crippen molar-refractivity contribution in [3.05, 3.63) is 64.2 Å². The van der Waals surface area contributed by atoms with E-state index in [9.17, 15) is 8.78 Å². The number of hydrogen-bond donors (Lipinski definition) is 1. The number of halogens is 2. The number of methoxy groups -OCH3 is 1. The average molecular weight is 277 g/mol. The Kier molecular flexibility index (Phi) is 4.04. The number of benzene rings is 2. The molecule has 0 aromatic heterocycles. The van der Waals surface area contributed by atoms with E-state index in [1.807, 2.05) is 0 Å². The van der Waals surface area contributed by atoms with E-state index in [0.717, 1.165) is 5.56 Å². The van der Waals surface area contributed by atoms with Crippen LogP contribution in [0.1, 0.15) is 28.3 Å². The highest BCUT2D eigenvalue weighted by Gasteiger charge is 2.14. The molecule has 2 rings (SSSR count). The summed E-state index contributed by atoms with van der Waals surface area (Å²) in [5.41, 5.74) is 8.77. The predicted molar refractivity (Wildman–Crippen MR) is 74.9 cm³/mol. The van der Waals surface area contributed by atoms with E-state index >= 15 is 0 Å². The van der Waals surface area contributed by atoms with Gasteiger partial charge in [-0.05, 0) is 48.2 Å². The first kappa shape index (κ1) is 14.5.